The Labute approximate surface area is 89.0 Å². The third-order valence-corrected chi connectivity index (χ3v) is 2.59. The van der Waals surface area contributed by atoms with Gasteiger partial charge in [-0.2, -0.15) is 5.10 Å². The number of anilines is 1. The van der Waals surface area contributed by atoms with Crippen LogP contribution in [0.1, 0.15) is 31.4 Å². The molecular weight excluding hydrogens is 190 g/mol. The molecular formula is C11H15N3O. The van der Waals surface area contributed by atoms with Gasteiger partial charge in [0.05, 0.1) is 17.6 Å². The Morgan fingerprint density at radius 1 is 1.80 bits per heavy atom. The van der Waals surface area contributed by atoms with E-state index in [4.69, 9.17) is 0 Å². The molecule has 0 atom stereocenters. The number of aryl methyl sites for hydroxylation is 1. The van der Waals surface area contributed by atoms with Gasteiger partial charge >= 0.3 is 0 Å². The number of rotatable bonds is 4. The second-order valence-electron chi connectivity index (χ2n) is 3.73. The Hall–Kier alpha value is -1.58. The number of nitrogens with one attached hydrogen (secondary N) is 1. The molecule has 1 aromatic rings. The van der Waals surface area contributed by atoms with Crippen LogP contribution in [0.3, 0.4) is 0 Å². The van der Waals surface area contributed by atoms with Crippen molar-refractivity contribution in [3.63, 3.8) is 0 Å². The van der Waals surface area contributed by atoms with Gasteiger partial charge in [0, 0.05) is 12.5 Å². The molecule has 4 nitrogen and oxygen atoms in total. The highest BCUT2D eigenvalue weighted by Gasteiger charge is 2.30. The fourth-order valence-corrected chi connectivity index (χ4v) is 1.71. The van der Waals surface area contributed by atoms with Crippen molar-refractivity contribution in [2.24, 2.45) is 0 Å². The largest absolute Gasteiger partial charge is 0.320 e. The van der Waals surface area contributed by atoms with E-state index >= 15 is 0 Å². The van der Waals surface area contributed by atoms with Crippen LogP contribution in [0.2, 0.25) is 0 Å². The van der Waals surface area contributed by atoms with Crippen molar-refractivity contribution in [3.05, 3.63) is 24.5 Å². The van der Waals surface area contributed by atoms with Gasteiger partial charge in [-0.3, -0.25) is 9.48 Å². The number of aromatic nitrogens is 2. The summed E-state index contributed by atoms with van der Waals surface area (Å²) in [7, 11) is 0. The third-order valence-electron chi connectivity index (χ3n) is 2.59. The summed E-state index contributed by atoms with van der Waals surface area (Å²) in [5.74, 6) is 0.403. The van der Waals surface area contributed by atoms with Gasteiger partial charge in [-0.1, -0.05) is 6.58 Å². The van der Waals surface area contributed by atoms with Crippen LogP contribution in [0.5, 0.6) is 0 Å². The number of amides is 1. The maximum atomic E-state index is 11.2. The molecule has 0 spiro atoms. The highest BCUT2D eigenvalue weighted by Crippen LogP contribution is 2.43. The molecule has 2 rings (SSSR count). The highest BCUT2D eigenvalue weighted by atomic mass is 16.1. The Kier molecular flexibility index (Phi) is 2.58. The summed E-state index contributed by atoms with van der Waals surface area (Å²) in [6, 6.07) is 0. The van der Waals surface area contributed by atoms with Crippen LogP contribution in [-0.4, -0.2) is 15.7 Å². The van der Waals surface area contributed by atoms with Crippen LogP contribution < -0.4 is 5.32 Å². The second kappa shape index (κ2) is 3.88. The Morgan fingerprint density at radius 3 is 3.07 bits per heavy atom. The molecule has 80 valence electrons. The average molecular weight is 205 g/mol. The minimum atomic E-state index is -0.174. The minimum absolute atomic E-state index is 0.174. The molecule has 1 saturated carbocycles. The number of nitrogens with zero attached hydrogens (tertiary/aromatic N) is 2. The Balaban J connectivity index is 2.26. The summed E-state index contributed by atoms with van der Waals surface area (Å²) in [4.78, 5) is 11.2. The number of carbonyl (C=O) groups excluding carboxylic acids is 1. The molecule has 0 saturated heterocycles. The smallest absolute Gasteiger partial charge is 0.247 e. The van der Waals surface area contributed by atoms with Crippen molar-refractivity contribution in [1.29, 1.82) is 0 Å². The SMILES string of the molecule is C=CC(=O)Nc1cnn(CC)c1C1CC1. The van der Waals surface area contributed by atoms with Crippen molar-refractivity contribution < 1.29 is 4.79 Å². The lowest BCUT2D eigenvalue weighted by Gasteiger charge is -2.06. The van der Waals surface area contributed by atoms with Crippen LogP contribution in [-0.2, 0) is 11.3 Å². The molecule has 0 radical (unpaired) electrons. The first-order chi connectivity index (χ1) is 7.26. The maximum Gasteiger partial charge on any atom is 0.247 e. The lowest BCUT2D eigenvalue weighted by molar-refractivity contribution is -0.111. The molecule has 0 aromatic carbocycles. The number of hydrogen-bond donors (Lipinski definition) is 1. The van der Waals surface area contributed by atoms with E-state index in [1.54, 1.807) is 6.20 Å². The zero-order chi connectivity index (χ0) is 10.8. The van der Waals surface area contributed by atoms with Crippen LogP contribution >= 0.6 is 0 Å². The van der Waals surface area contributed by atoms with Crippen LogP contribution in [0.4, 0.5) is 5.69 Å². The van der Waals surface area contributed by atoms with Gasteiger partial charge in [-0.25, -0.2) is 0 Å². The van der Waals surface area contributed by atoms with E-state index in [2.05, 4.69) is 23.9 Å². The predicted octanol–water partition coefficient (Wildman–Crippen LogP) is 1.90. The van der Waals surface area contributed by atoms with Crippen molar-refractivity contribution in [2.45, 2.75) is 32.2 Å². The molecule has 1 fully saturated rings. The fraction of sp³-hybridized carbons (Fsp3) is 0.455. The summed E-state index contributed by atoms with van der Waals surface area (Å²) >= 11 is 0. The molecule has 1 amide bonds. The lowest BCUT2D eigenvalue weighted by atomic mass is 10.2. The van der Waals surface area contributed by atoms with E-state index in [-0.39, 0.29) is 5.91 Å². The van der Waals surface area contributed by atoms with E-state index < -0.39 is 0 Å². The van der Waals surface area contributed by atoms with Crippen LogP contribution in [0, 0.1) is 0 Å². The first-order valence-electron chi connectivity index (χ1n) is 5.25. The summed E-state index contributed by atoms with van der Waals surface area (Å²) in [5, 5.41) is 7.05. The summed E-state index contributed by atoms with van der Waals surface area (Å²) in [5.41, 5.74) is 2.00. The van der Waals surface area contributed by atoms with E-state index in [0.717, 1.165) is 17.9 Å². The average Bonchev–Trinajstić information content (AvgIpc) is 3.00. The molecule has 0 bridgehead atoms. The predicted molar refractivity (Wildman–Crippen MR) is 58.7 cm³/mol. The normalized spacial score (nSPS) is 15.0. The van der Waals surface area contributed by atoms with Gasteiger partial charge in [0.25, 0.3) is 0 Å². The monoisotopic (exact) mass is 205 g/mol. The van der Waals surface area contributed by atoms with E-state index in [9.17, 15) is 4.79 Å². The lowest BCUT2D eigenvalue weighted by Crippen LogP contribution is -2.09. The molecule has 0 aliphatic heterocycles. The van der Waals surface area contributed by atoms with E-state index in [1.807, 2.05) is 4.68 Å². The van der Waals surface area contributed by atoms with E-state index in [1.165, 1.54) is 18.9 Å². The molecule has 1 aromatic heterocycles. The minimum Gasteiger partial charge on any atom is -0.320 e. The van der Waals surface area contributed by atoms with Crippen LogP contribution in [0.25, 0.3) is 0 Å². The van der Waals surface area contributed by atoms with Crippen LogP contribution in [0.15, 0.2) is 18.9 Å². The topological polar surface area (TPSA) is 46.9 Å². The van der Waals surface area contributed by atoms with Gasteiger partial charge in [0.2, 0.25) is 5.91 Å². The fourth-order valence-electron chi connectivity index (χ4n) is 1.71. The van der Waals surface area contributed by atoms with Gasteiger partial charge in [0.1, 0.15) is 0 Å². The van der Waals surface area contributed by atoms with Crippen molar-refractivity contribution >= 4 is 11.6 Å². The molecule has 1 heterocycles. The van der Waals surface area contributed by atoms with Crippen molar-refractivity contribution in [1.82, 2.24) is 9.78 Å². The van der Waals surface area contributed by atoms with Crippen molar-refractivity contribution in [3.8, 4) is 0 Å². The molecule has 1 aliphatic rings. The van der Waals surface area contributed by atoms with Gasteiger partial charge in [-0.15, -0.1) is 0 Å². The maximum absolute atomic E-state index is 11.2. The molecule has 1 N–H and O–H groups in total. The van der Waals surface area contributed by atoms with Gasteiger partial charge in [0.15, 0.2) is 0 Å². The Bertz CT molecular complexity index is 391. The van der Waals surface area contributed by atoms with Gasteiger partial charge in [-0.05, 0) is 25.8 Å². The summed E-state index contributed by atoms with van der Waals surface area (Å²) in [6.07, 6.45) is 5.39. The number of carbonyl (C=O) groups is 1. The standard InChI is InChI=1S/C11H15N3O/c1-3-10(15)13-9-7-12-14(4-2)11(9)8-5-6-8/h3,7-8H,1,4-6H2,2H3,(H,13,15). The highest BCUT2D eigenvalue weighted by molar-refractivity contribution is 5.99. The zero-order valence-electron chi connectivity index (χ0n) is 8.86. The molecule has 15 heavy (non-hydrogen) atoms. The first-order valence-corrected chi connectivity index (χ1v) is 5.25. The first kappa shape index (κ1) is 9.96. The van der Waals surface area contributed by atoms with Gasteiger partial charge < -0.3 is 5.32 Å². The molecule has 1 aliphatic carbocycles. The molecule has 0 unspecified atom stereocenters. The van der Waals surface area contributed by atoms with Crippen molar-refractivity contribution in [2.75, 3.05) is 5.32 Å². The third kappa shape index (κ3) is 1.93. The summed E-state index contributed by atoms with van der Waals surface area (Å²) < 4.78 is 1.95. The summed E-state index contributed by atoms with van der Waals surface area (Å²) in [6.45, 7) is 6.33. The van der Waals surface area contributed by atoms with E-state index in [0.29, 0.717) is 5.92 Å². The Morgan fingerprint density at radius 2 is 2.53 bits per heavy atom. The second-order valence-corrected chi connectivity index (χ2v) is 3.73. The zero-order valence-corrected chi connectivity index (χ0v) is 8.86. The molecule has 4 heteroatoms. The quantitative estimate of drug-likeness (QED) is 0.763. The number of hydrogen-bond acceptors (Lipinski definition) is 2.